The van der Waals surface area contributed by atoms with Gasteiger partial charge < -0.3 is 0 Å². The molecule has 20 heavy (non-hydrogen) atoms. The fraction of sp³-hybridized carbons (Fsp3) is 0.188. The lowest BCUT2D eigenvalue weighted by Gasteiger charge is -1.97. The lowest BCUT2D eigenvalue weighted by Crippen LogP contribution is -2.14. The molecule has 0 amide bonds. The highest BCUT2D eigenvalue weighted by atomic mass is 32.1. The molecular formula is C16H14O3S. The van der Waals surface area contributed by atoms with Gasteiger partial charge in [-0.15, -0.1) is 11.3 Å². The Morgan fingerprint density at radius 2 is 1.70 bits per heavy atom. The van der Waals surface area contributed by atoms with Gasteiger partial charge in [0, 0.05) is 18.2 Å². The topological polar surface area (TPSA) is 51.2 Å². The molecule has 1 aromatic carbocycles. The first kappa shape index (κ1) is 14.3. The molecule has 0 spiro atoms. The molecule has 0 radical (unpaired) electrons. The highest BCUT2D eigenvalue weighted by molar-refractivity contribution is 7.14. The second-order valence-corrected chi connectivity index (χ2v) is 5.68. The van der Waals surface area contributed by atoms with Gasteiger partial charge >= 0.3 is 0 Å². The largest absolute Gasteiger partial charge is 0.293 e. The number of Topliss-reactive ketones (excluding diaryl/α,β-unsaturated/α-hetero) is 3. The van der Waals surface area contributed by atoms with E-state index in [1.54, 1.807) is 6.07 Å². The zero-order valence-electron chi connectivity index (χ0n) is 11.1. The Labute approximate surface area is 121 Å². The van der Waals surface area contributed by atoms with E-state index >= 15 is 0 Å². The number of hydrogen-bond donors (Lipinski definition) is 0. The fourth-order valence-electron chi connectivity index (χ4n) is 1.78. The number of thiophene rings is 1. The smallest absolute Gasteiger partial charge is 0.205 e. The third kappa shape index (κ3) is 3.71. The van der Waals surface area contributed by atoms with Crippen molar-refractivity contribution in [1.29, 1.82) is 0 Å². The Hall–Kier alpha value is -2.07. The molecule has 0 bridgehead atoms. The Morgan fingerprint density at radius 3 is 2.35 bits per heavy atom. The number of carbonyl (C=O) groups excluding carboxylic acids is 3. The minimum Gasteiger partial charge on any atom is -0.293 e. The zero-order valence-corrected chi connectivity index (χ0v) is 11.9. The third-order valence-corrected chi connectivity index (χ3v) is 4.00. The van der Waals surface area contributed by atoms with Crippen molar-refractivity contribution >= 4 is 28.7 Å². The molecule has 3 nitrogen and oxygen atoms in total. The maximum absolute atomic E-state index is 11.9. The van der Waals surface area contributed by atoms with Gasteiger partial charge in [0.1, 0.15) is 0 Å². The van der Waals surface area contributed by atoms with E-state index in [4.69, 9.17) is 0 Å². The van der Waals surface area contributed by atoms with Crippen molar-refractivity contribution in [2.45, 2.75) is 19.8 Å². The Kier molecular flexibility index (Phi) is 4.58. The van der Waals surface area contributed by atoms with Crippen LogP contribution in [-0.4, -0.2) is 17.3 Å². The summed E-state index contributed by atoms with van der Waals surface area (Å²) in [7, 11) is 0. The number of carbonyl (C=O) groups is 3. The third-order valence-electron chi connectivity index (χ3n) is 2.87. The van der Waals surface area contributed by atoms with Gasteiger partial charge in [-0.2, -0.15) is 0 Å². The summed E-state index contributed by atoms with van der Waals surface area (Å²) in [5, 5.41) is 0. The van der Waals surface area contributed by atoms with Crippen molar-refractivity contribution in [3.8, 4) is 0 Å². The Bertz CT molecular complexity index is 641. The SMILES string of the molecule is CC(=O)C(=O)CC(=O)c1ccc(Cc2ccccc2)s1. The summed E-state index contributed by atoms with van der Waals surface area (Å²) < 4.78 is 0. The fourth-order valence-corrected chi connectivity index (χ4v) is 2.76. The van der Waals surface area contributed by atoms with Gasteiger partial charge in [-0.05, 0) is 17.7 Å². The van der Waals surface area contributed by atoms with Gasteiger partial charge in [-0.1, -0.05) is 30.3 Å². The van der Waals surface area contributed by atoms with E-state index in [1.807, 2.05) is 36.4 Å². The van der Waals surface area contributed by atoms with Crippen LogP contribution in [0.15, 0.2) is 42.5 Å². The number of hydrogen-bond acceptors (Lipinski definition) is 4. The highest BCUT2D eigenvalue weighted by Gasteiger charge is 2.16. The van der Waals surface area contributed by atoms with Crippen molar-refractivity contribution in [2.24, 2.45) is 0 Å². The standard InChI is InChI=1S/C16H14O3S/c1-11(17)14(18)10-15(19)16-8-7-13(20-16)9-12-5-3-2-4-6-12/h2-8H,9-10H2,1H3. The quantitative estimate of drug-likeness (QED) is 0.466. The first-order valence-electron chi connectivity index (χ1n) is 6.26. The van der Waals surface area contributed by atoms with E-state index in [1.165, 1.54) is 23.8 Å². The van der Waals surface area contributed by atoms with E-state index in [0.29, 0.717) is 4.88 Å². The van der Waals surface area contributed by atoms with Crippen LogP contribution in [0.1, 0.15) is 33.5 Å². The van der Waals surface area contributed by atoms with E-state index in [-0.39, 0.29) is 12.2 Å². The average Bonchev–Trinajstić information content (AvgIpc) is 2.88. The normalized spacial score (nSPS) is 10.2. The molecule has 2 aromatic rings. The molecule has 0 aliphatic heterocycles. The summed E-state index contributed by atoms with van der Waals surface area (Å²) in [5.41, 5.74) is 1.17. The summed E-state index contributed by atoms with van der Waals surface area (Å²) in [5.74, 6) is -1.48. The van der Waals surface area contributed by atoms with Crippen molar-refractivity contribution in [2.75, 3.05) is 0 Å². The summed E-state index contributed by atoms with van der Waals surface area (Å²) in [6.45, 7) is 1.19. The van der Waals surface area contributed by atoms with Gasteiger partial charge in [0.25, 0.3) is 0 Å². The van der Waals surface area contributed by atoms with Crippen molar-refractivity contribution < 1.29 is 14.4 Å². The van der Waals surface area contributed by atoms with E-state index < -0.39 is 11.6 Å². The van der Waals surface area contributed by atoms with Gasteiger partial charge in [0.2, 0.25) is 5.78 Å². The molecule has 0 saturated heterocycles. The summed E-state index contributed by atoms with van der Waals surface area (Å²) in [6, 6.07) is 13.6. The van der Waals surface area contributed by atoms with Crippen molar-refractivity contribution in [3.05, 3.63) is 57.8 Å². The van der Waals surface area contributed by atoms with Crippen LogP contribution in [0.5, 0.6) is 0 Å². The molecule has 0 atom stereocenters. The van der Waals surface area contributed by atoms with Crippen LogP contribution in [0.25, 0.3) is 0 Å². The first-order valence-corrected chi connectivity index (χ1v) is 7.07. The van der Waals surface area contributed by atoms with Gasteiger partial charge in [-0.3, -0.25) is 14.4 Å². The minimum absolute atomic E-state index is 0.283. The predicted molar refractivity (Wildman–Crippen MR) is 78.2 cm³/mol. The lowest BCUT2D eigenvalue weighted by atomic mass is 10.1. The van der Waals surface area contributed by atoms with E-state index in [9.17, 15) is 14.4 Å². The Morgan fingerprint density at radius 1 is 1.00 bits per heavy atom. The molecule has 2 rings (SSSR count). The monoisotopic (exact) mass is 286 g/mol. The van der Waals surface area contributed by atoms with Crippen LogP contribution < -0.4 is 0 Å². The van der Waals surface area contributed by atoms with Crippen LogP contribution in [0.2, 0.25) is 0 Å². The molecule has 0 aliphatic rings. The van der Waals surface area contributed by atoms with Crippen LogP contribution in [-0.2, 0) is 16.0 Å². The highest BCUT2D eigenvalue weighted by Crippen LogP contribution is 2.21. The predicted octanol–water partition coefficient (Wildman–Crippen LogP) is 3.07. The van der Waals surface area contributed by atoms with Crippen LogP contribution in [0, 0.1) is 0 Å². The number of ketones is 3. The second-order valence-electron chi connectivity index (χ2n) is 4.51. The maximum atomic E-state index is 11.9. The molecule has 0 fully saturated rings. The Balaban J connectivity index is 2.04. The maximum Gasteiger partial charge on any atom is 0.205 e. The first-order chi connectivity index (χ1) is 9.56. The molecule has 0 N–H and O–H groups in total. The molecule has 0 aliphatic carbocycles. The summed E-state index contributed by atoms with van der Waals surface area (Å²) >= 11 is 1.38. The second kappa shape index (κ2) is 6.39. The molecule has 0 unspecified atom stereocenters. The zero-order chi connectivity index (χ0) is 14.5. The van der Waals surface area contributed by atoms with Crippen LogP contribution in [0.3, 0.4) is 0 Å². The van der Waals surface area contributed by atoms with Gasteiger partial charge in [0.15, 0.2) is 11.6 Å². The number of benzene rings is 1. The van der Waals surface area contributed by atoms with E-state index in [2.05, 4.69) is 0 Å². The average molecular weight is 286 g/mol. The number of rotatable bonds is 6. The molecule has 1 aromatic heterocycles. The minimum atomic E-state index is -0.631. The summed E-state index contributed by atoms with van der Waals surface area (Å²) in [6.07, 6.45) is 0.431. The molecule has 102 valence electrons. The summed E-state index contributed by atoms with van der Waals surface area (Å²) in [4.78, 5) is 35.6. The van der Waals surface area contributed by atoms with Crippen molar-refractivity contribution in [1.82, 2.24) is 0 Å². The molecule has 4 heteroatoms. The molecule has 1 heterocycles. The van der Waals surface area contributed by atoms with Crippen LogP contribution >= 0.6 is 11.3 Å². The van der Waals surface area contributed by atoms with Crippen LogP contribution in [0.4, 0.5) is 0 Å². The van der Waals surface area contributed by atoms with Gasteiger partial charge in [-0.25, -0.2) is 0 Å². The molecule has 0 saturated carbocycles. The lowest BCUT2D eigenvalue weighted by molar-refractivity contribution is -0.134. The molecular weight excluding hydrogens is 272 g/mol. The van der Waals surface area contributed by atoms with E-state index in [0.717, 1.165) is 11.3 Å². The van der Waals surface area contributed by atoms with Gasteiger partial charge in [0.05, 0.1) is 11.3 Å². The van der Waals surface area contributed by atoms with Crippen molar-refractivity contribution in [3.63, 3.8) is 0 Å².